The zero-order valence-corrected chi connectivity index (χ0v) is 56.2. The van der Waals surface area contributed by atoms with Crippen molar-refractivity contribution in [1.82, 2.24) is 0 Å². The number of allylic oxidation sites excluding steroid dienone is 16. The van der Waals surface area contributed by atoms with Gasteiger partial charge in [-0.3, -0.25) is 18.6 Å². The fraction of sp³-hybridized carbons (Fsp3) is 0.760. The molecule has 0 heterocycles. The molecule has 0 rings (SSSR count). The van der Waals surface area contributed by atoms with E-state index in [2.05, 4.69) is 111 Å². The van der Waals surface area contributed by atoms with Crippen molar-refractivity contribution >= 4 is 19.8 Å². The van der Waals surface area contributed by atoms with E-state index in [9.17, 15) is 19.0 Å². The molecular formula is C75H134NO8P. The summed E-state index contributed by atoms with van der Waals surface area (Å²) in [7, 11) is -4.40. The van der Waals surface area contributed by atoms with E-state index in [0.717, 1.165) is 89.9 Å². The van der Waals surface area contributed by atoms with Gasteiger partial charge in [-0.15, -0.1) is 0 Å². The van der Waals surface area contributed by atoms with E-state index in [1.807, 2.05) is 0 Å². The van der Waals surface area contributed by atoms with Crippen LogP contribution < -0.4 is 5.73 Å². The van der Waals surface area contributed by atoms with E-state index >= 15 is 0 Å². The molecule has 10 heteroatoms. The first-order chi connectivity index (χ1) is 41.8. The summed E-state index contributed by atoms with van der Waals surface area (Å²) in [4.78, 5) is 35.4. The summed E-state index contributed by atoms with van der Waals surface area (Å²) in [5.41, 5.74) is 5.40. The highest BCUT2D eigenvalue weighted by Crippen LogP contribution is 2.43. The third-order valence-corrected chi connectivity index (χ3v) is 16.4. The first kappa shape index (κ1) is 81.9. The van der Waals surface area contributed by atoms with Crippen LogP contribution in [0.4, 0.5) is 0 Å². The predicted molar refractivity (Wildman–Crippen MR) is 367 cm³/mol. The smallest absolute Gasteiger partial charge is 0.462 e. The van der Waals surface area contributed by atoms with Crippen LogP contribution in [0, 0.1) is 0 Å². The molecule has 3 N–H and O–H groups in total. The van der Waals surface area contributed by atoms with Crippen molar-refractivity contribution in [3.05, 3.63) is 97.2 Å². The summed E-state index contributed by atoms with van der Waals surface area (Å²) in [6.07, 6.45) is 95.0. The van der Waals surface area contributed by atoms with Crippen molar-refractivity contribution in [2.24, 2.45) is 5.73 Å². The summed E-state index contributed by atoms with van der Waals surface area (Å²) in [6, 6.07) is 0. The lowest BCUT2D eigenvalue weighted by Gasteiger charge is -2.19. The molecule has 9 nitrogen and oxygen atoms in total. The van der Waals surface area contributed by atoms with Crippen LogP contribution >= 0.6 is 7.82 Å². The Labute approximate surface area is 525 Å². The lowest BCUT2D eigenvalue weighted by molar-refractivity contribution is -0.161. The molecule has 2 unspecified atom stereocenters. The fourth-order valence-electron chi connectivity index (χ4n) is 10.2. The number of phosphoric acid groups is 1. The minimum atomic E-state index is -4.40. The van der Waals surface area contributed by atoms with E-state index in [1.165, 1.54) is 212 Å². The molecule has 0 amide bonds. The second-order valence-electron chi connectivity index (χ2n) is 23.7. The highest BCUT2D eigenvalue weighted by Gasteiger charge is 2.26. The summed E-state index contributed by atoms with van der Waals surface area (Å²) < 4.78 is 33.2. The summed E-state index contributed by atoms with van der Waals surface area (Å²) in [6.45, 7) is 3.67. The molecule has 85 heavy (non-hydrogen) atoms. The van der Waals surface area contributed by atoms with Gasteiger partial charge in [-0.2, -0.15) is 0 Å². The van der Waals surface area contributed by atoms with Crippen LogP contribution in [-0.2, 0) is 32.7 Å². The van der Waals surface area contributed by atoms with E-state index in [1.54, 1.807) is 0 Å². The standard InChI is InChI=1S/C75H134NO8P/c1-3-5-7-9-11-13-15-17-19-21-23-25-27-29-31-33-35-36-38-40-42-44-46-48-50-52-54-56-58-60-62-64-66-68-75(78)84-73(72-83-85(79,80)82-70-69-76)71-81-74(77)67-65-63-61-59-57-55-53-51-49-47-45-43-41-39-37-34-32-30-28-26-24-22-20-18-16-14-12-10-8-6-4-2/h5,7,11,13,17,19,22-25,29,31,35-36,40,42,73H,3-4,6,8-10,12,14-16,18,20-21,26-28,30,32-34,37-39,41,43-72,76H2,1-2H3,(H,79,80)/b7-5-,13-11-,19-17-,24-22-,25-23-,31-29-,36-35-,42-40-. The Hall–Kier alpha value is -3.07. The van der Waals surface area contributed by atoms with Crippen LogP contribution in [0.1, 0.15) is 335 Å². The first-order valence-electron chi connectivity index (χ1n) is 35.7. The number of hydrogen-bond donors (Lipinski definition) is 2. The Morgan fingerprint density at radius 1 is 0.365 bits per heavy atom. The maximum atomic E-state index is 12.8. The largest absolute Gasteiger partial charge is 0.472 e. The topological polar surface area (TPSA) is 134 Å². The van der Waals surface area contributed by atoms with Crippen molar-refractivity contribution in [1.29, 1.82) is 0 Å². The number of ether oxygens (including phenoxy) is 2. The average molecular weight is 1210 g/mol. The molecular weight excluding hydrogens is 1070 g/mol. The van der Waals surface area contributed by atoms with Crippen molar-refractivity contribution in [2.75, 3.05) is 26.4 Å². The quantitative estimate of drug-likeness (QED) is 0.0264. The Bertz CT molecular complexity index is 1720. The second kappa shape index (κ2) is 70.0. The minimum absolute atomic E-state index is 0.0506. The monoisotopic (exact) mass is 1210 g/mol. The summed E-state index contributed by atoms with van der Waals surface area (Å²) >= 11 is 0. The summed E-state index contributed by atoms with van der Waals surface area (Å²) in [5, 5.41) is 0. The molecule has 0 aliphatic carbocycles. The van der Waals surface area contributed by atoms with Gasteiger partial charge < -0.3 is 20.1 Å². The van der Waals surface area contributed by atoms with Crippen molar-refractivity contribution in [3.63, 3.8) is 0 Å². The number of carbonyl (C=O) groups excluding carboxylic acids is 2. The normalized spacial score (nSPS) is 13.5. The van der Waals surface area contributed by atoms with Crippen LogP contribution in [0.15, 0.2) is 97.2 Å². The van der Waals surface area contributed by atoms with Gasteiger partial charge >= 0.3 is 19.8 Å². The zero-order chi connectivity index (χ0) is 61.6. The van der Waals surface area contributed by atoms with E-state index in [-0.39, 0.29) is 38.6 Å². The van der Waals surface area contributed by atoms with Crippen LogP contribution in [0.25, 0.3) is 0 Å². The van der Waals surface area contributed by atoms with Gasteiger partial charge in [0, 0.05) is 19.4 Å². The van der Waals surface area contributed by atoms with Gasteiger partial charge in [0.2, 0.25) is 0 Å². The lowest BCUT2D eigenvalue weighted by atomic mass is 10.0. The second-order valence-corrected chi connectivity index (χ2v) is 25.2. The molecule has 0 spiro atoms. The molecule has 0 fully saturated rings. The number of phosphoric ester groups is 1. The third-order valence-electron chi connectivity index (χ3n) is 15.5. The first-order valence-corrected chi connectivity index (χ1v) is 37.2. The van der Waals surface area contributed by atoms with Gasteiger partial charge in [0.05, 0.1) is 13.2 Å². The highest BCUT2D eigenvalue weighted by atomic mass is 31.2. The van der Waals surface area contributed by atoms with Gasteiger partial charge in [0.25, 0.3) is 0 Å². The molecule has 0 aliphatic rings. The molecule has 2 atom stereocenters. The fourth-order valence-corrected chi connectivity index (χ4v) is 11.0. The van der Waals surface area contributed by atoms with Gasteiger partial charge in [-0.05, 0) is 96.3 Å². The molecule has 0 saturated carbocycles. The minimum Gasteiger partial charge on any atom is -0.462 e. The van der Waals surface area contributed by atoms with Crippen LogP contribution in [0.3, 0.4) is 0 Å². The number of carbonyl (C=O) groups is 2. The number of unbranched alkanes of at least 4 members (excludes halogenated alkanes) is 38. The molecule has 0 aromatic heterocycles. The molecule has 492 valence electrons. The average Bonchev–Trinajstić information content (AvgIpc) is 3.52. The third kappa shape index (κ3) is 69.9. The molecule has 0 aromatic rings. The molecule has 0 saturated heterocycles. The van der Waals surface area contributed by atoms with Crippen LogP contribution in [0.5, 0.6) is 0 Å². The number of hydrogen-bond acceptors (Lipinski definition) is 8. The highest BCUT2D eigenvalue weighted by molar-refractivity contribution is 7.47. The maximum absolute atomic E-state index is 12.8. The Kier molecular flexibility index (Phi) is 67.5. The molecule has 0 radical (unpaired) electrons. The van der Waals surface area contributed by atoms with E-state index in [0.29, 0.717) is 6.42 Å². The Morgan fingerprint density at radius 3 is 0.976 bits per heavy atom. The van der Waals surface area contributed by atoms with Crippen LogP contribution in [0.2, 0.25) is 0 Å². The predicted octanol–water partition coefficient (Wildman–Crippen LogP) is 23.5. The summed E-state index contributed by atoms with van der Waals surface area (Å²) in [5.74, 6) is -0.821. The number of esters is 2. The maximum Gasteiger partial charge on any atom is 0.472 e. The molecule has 0 bridgehead atoms. The zero-order valence-electron chi connectivity index (χ0n) is 55.3. The van der Waals surface area contributed by atoms with Gasteiger partial charge in [-0.1, -0.05) is 323 Å². The van der Waals surface area contributed by atoms with E-state index < -0.39 is 26.5 Å². The Balaban J connectivity index is 3.88. The number of rotatable bonds is 67. The van der Waals surface area contributed by atoms with Crippen molar-refractivity contribution in [2.45, 2.75) is 341 Å². The van der Waals surface area contributed by atoms with Crippen molar-refractivity contribution in [3.8, 4) is 0 Å². The van der Waals surface area contributed by atoms with Crippen LogP contribution in [-0.4, -0.2) is 49.3 Å². The van der Waals surface area contributed by atoms with Gasteiger partial charge in [-0.25, -0.2) is 4.57 Å². The SMILES string of the molecule is CC/C=C\C/C=C\C/C=C\C/C=C\C/C=C\C/C=C\C/C=C\CCCCCCCCCCCCCC(=O)OC(COC(=O)CCCCCCCCCCCCCCCCCCCCC/C=C\CCCCCCCCCC)COP(=O)(O)OCCN. The van der Waals surface area contributed by atoms with Gasteiger partial charge in [0.15, 0.2) is 6.10 Å². The Morgan fingerprint density at radius 2 is 0.647 bits per heavy atom. The molecule has 0 aromatic carbocycles. The van der Waals surface area contributed by atoms with Crippen molar-refractivity contribution < 1.29 is 37.6 Å². The lowest BCUT2D eigenvalue weighted by Crippen LogP contribution is -2.29. The van der Waals surface area contributed by atoms with E-state index in [4.69, 9.17) is 24.3 Å². The number of nitrogens with two attached hydrogens (primary N) is 1. The van der Waals surface area contributed by atoms with Gasteiger partial charge in [0.1, 0.15) is 6.61 Å². The molecule has 0 aliphatic heterocycles.